The Kier molecular flexibility index (Phi) is 6.05. The number of fused-ring (bicyclic) bond motifs is 1. The lowest BCUT2D eigenvalue weighted by molar-refractivity contribution is 0.163. The smallest absolute Gasteiger partial charge is 0.331 e. The maximum Gasteiger partial charge on any atom is 0.331 e. The number of hydrogen-bond acceptors (Lipinski definition) is 4. The lowest BCUT2D eigenvalue weighted by Crippen LogP contribution is -2.40. The first-order chi connectivity index (χ1) is 14.2. The molecule has 0 aliphatic heterocycles. The normalized spacial score (nSPS) is 11.8. The molecule has 3 aromatic rings. The van der Waals surface area contributed by atoms with Crippen LogP contribution < -0.4 is 11.0 Å². The number of nitrogens with one attached hydrogen (secondary N) is 1. The number of thiocarbonyl (C=S) groups is 1. The van der Waals surface area contributed by atoms with Crippen molar-refractivity contribution in [3.8, 4) is 11.1 Å². The van der Waals surface area contributed by atoms with Gasteiger partial charge in [-0.3, -0.25) is 9.13 Å². The lowest BCUT2D eigenvalue weighted by Gasteiger charge is -2.23. The molecule has 0 amide bonds. The fourth-order valence-corrected chi connectivity index (χ4v) is 3.64. The van der Waals surface area contributed by atoms with Gasteiger partial charge in [0.2, 0.25) is 0 Å². The molecule has 2 heterocycles. The molecule has 0 atom stereocenters. The summed E-state index contributed by atoms with van der Waals surface area (Å²) < 4.78 is 30.2. The number of pyridine rings is 1. The second-order valence-corrected chi connectivity index (χ2v) is 8.13. The molecule has 0 aliphatic carbocycles. The number of imidazole rings is 1. The minimum atomic E-state index is -0.913. The topological polar surface area (TPSA) is 72.1 Å². The molecule has 2 aromatic heterocycles. The first kappa shape index (κ1) is 22.0. The summed E-state index contributed by atoms with van der Waals surface area (Å²) in [5.41, 5.74) is 1.71. The van der Waals surface area contributed by atoms with Crippen molar-refractivity contribution in [2.75, 3.05) is 20.3 Å². The quantitative estimate of drug-likeness (QED) is 0.584. The second kappa shape index (κ2) is 8.23. The Bertz CT molecular complexity index is 1180. The minimum Gasteiger partial charge on any atom is -0.394 e. The molecule has 0 saturated heterocycles. The number of aryl methyl sites for hydroxylation is 2. The van der Waals surface area contributed by atoms with Gasteiger partial charge in [0.1, 0.15) is 17.5 Å². The van der Waals surface area contributed by atoms with E-state index in [9.17, 15) is 18.7 Å². The molecule has 0 spiro atoms. The molecule has 30 heavy (non-hydrogen) atoms. The van der Waals surface area contributed by atoms with Gasteiger partial charge in [0.05, 0.1) is 24.2 Å². The molecule has 2 N–H and O–H groups in total. The Morgan fingerprint density at radius 2 is 2.03 bits per heavy atom. The van der Waals surface area contributed by atoms with E-state index in [2.05, 4.69) is 10.3 Å². The van der Waals surface area contributed by atoms with E-state index in [4.69, 9.17) is 12.2 Å². The van der Waals surface area contributed by atoms with Gasteiger partial charge in [-0.2, -0.15) is 0 Å². The summed E-state index contributed by atoms with van der Waals surface area (Å²) in [4.78, 5) is 17.7. The predicted molar refractivity (Wildman–Crippen MR) is 117 cm³/mol. The Morgan fingerprint density at radius 3 is 2.63 bits per heavy atom. The highest BCUT2D eigenvalue weighted by Gasteiger charge is 2.27. The summed E-state index contributed by atoms with van der Waals surface area (Å²) in [6.45, 7) is 4.04. The molecule has 0 aliphatic rings. The van der Waals surface area contributed by atoms with Crippen LogP contribution in [-0.4, -0.2) is 44.5 Å². The number of nitrogens with zero attached hydrogens (tertiary/aromatic N) is 3. The van der Waals surface area contributed by atoms with Crippen molar-refractivity contribution in [3.63, 3.8) is 0 Å². The van der Waals surface area contributed by atoms with E-state index in [0.717, 1.165) is 0 Å². The van der Waals surface area contributed by atoms with Crippen LogP contribution in [-0.2, 0) is 12.1 Å². The average molecular weight is 435 g/mol. The number of aromatic nitrogens is 3. The number of aliphatic hydroxyl groups excluding tert-OH is 1. The summed E-state index contributed by atoms with van der Waals surface area (Å²) >= 11 is 5.19. The fourth-order valence-electron chi connectivity index (χ4n) is 3.49. The van der Waals surface area contributed by atoms with Gasteiger partial charge in [-0.25, -0.2) is 18.6 Å². The number of halogens is 2. The summed E-state index contributed by atoms with van der Waals surface area (Å²) in [5.74, 6) is -0.435. The Labute approximate surface area is 178 Å². The van der Waals surface area contributed by atoms with Gasteiger partial charge in [0.15, 0.2) is 5.65 Å². The van der Waals surface area contributed by atoms with Crippen LogP contribution in [0.15, 0.2) is 29.2 Å². The molecule has 6 nitrogen and oxygen atoms in total. The van der Waals surface area contributed by atoms with E-state index in [1.54, 1.807) is 46.1 Å². The third-order valence-electron chi connectivity index (χ3n) is 5.17. The third kappa shape index (κ3) is 3.63. The number of benzene rings is 1. The van der Waals surface area contributed by atoms with Crippen LogP contribution in [0.1, 0.15) is 25.0 Å². The van der Waals surface area contributed by atoms with Crippen molar-refractivity contribution >= 4 is 28.4 Å². The number of rotatable bonds is 6. The molecule has 3 rings (SSSR count). The maximum atomic E-state index is 14.4. The van der Waals surface area contributed by atoms with Crippen molar-refractivity contribution in [1.82, 2.24) is 19.4 Å². The standard InChI is InChI=1S/C21H24F2N4O2S/c1-12-7-16(23)15(19(30)24-4)9-14(12)13-8-17-18(25-10-13)27(21(2,3)11-28)20(29)26(17)6-5-22/h7-10,28H,5-6,11H2,1-4H3,(H,24,30). The zero-order valence-electron chi connectivity index (χ0n) is 17.3. The molecule has 0 fully saturated rings. The number of hydrogen-bond donors (Lipinski definition) is 2. The van der Waals surface area contributed by atoms with Gasteiger partial charge < -0.3 is 10.4 Å². The third-order valence-corrected chi connectivity index (χ3v) is 5.59. The van der Waals surface area contributed by atoms with Crippen LogP contribution in [0, 0.1) is 12.7 Å². The first-order valence-corrected chi connectivity index (χ1v) is 9.88. The highest BCUT2D eigenvalue weighted by atomic mass is 32.1. The highest BCUT2D eigenvalue weighted by Crippen LogP contribution is 2.29. The van der Waals surface area contributed by atoms with Gasteiger partial charge in [0, 0.05) is 24.4 Å². The van der Waals surface area contributed by atoms with Crippen LogP contribution in [0.25, 0.3) is 22.3 Å². The van der Waals surface area contributed by atoms with Crippen molar-refractivity contribution in [2.45, 2.75) is 32.9 Å². The highest BCUT2D eigenvalue weighted by molar-refractivity contribution is 7.80. The molecule has 160 valence electrons. The zero-order chi connectivity index (χ0) is 22.2. The van der Waals surface area contributed by atoms with Gasteiger partial charge in [-0.15, -0.1) is 0 Å². The molecule has 0 bridgehead atoms. The zero-order valence-corrected chi connectivity index (χ0v) is 18.1. The van der Waals surface area contributed by atoms with Gasteiger partial charge >= 0.3 is 5.69 Å². The minimum absolute atomic E-state index is 0.132. The first-order valence-electron chi connectivity index (χ1n) is 9.47. The second-order valence-electron chi connectivity index (χ2n) is 7.72. The predicted octanol–water partition coefficient (Wildman–Crippen LogP) is 2.90. The Balaban J connectivity index is 2.30. The van der Waals surface area contributed by atoms with E-state index in [-0.39, 0.29) is 23.7 Å². The van der Waals surface area contributed by atoms with E-state index >= 15 is 0 Å². The molecular weight excluding hydrogens is 410 g/mol. The Hall–Kier alpha value is -2.65. The Morgan fingerprint density at radius 1 is 1.33 bits per heavy atom. The van der Waals surface area contributed by atoms with Gasteiger partial charge in [-0.05, 0) is 50.1 Å². The van der Waals surface area contributed by atoms with Crippen LogP contribution in [0.2, 0.25) is 0 Å². The van der Waals surface area contributed by atoms with E-state index in [0.29, 0.717) is 27.9 Å². The molecule has 0 radical (unpaired) electrons. The van der Waals surface area contributed by atoms with Crippen LogP contribution >= 0.6 is 12.2 Å². The van der Waals surface area contributed by atoms with Crippen molar-refractivity contribution in [1.29, 1.82) is 0 Å². The van der Waals surface area contributed by atoms with Crippen molar-refractivity contribution < 1.29 is 13.9 Å². The van der Waals surface area contributed by atoms with Crippen LogP contribution in [0.5, 0.6) is 0 Å². The van der Waals surface area contributed by atoms with Crippen LogP contribution in [0.3, 0.4) is 0 Å². The van der Waals surface area contributed by atoms with Crippen molar-refractivity contribution in [3.05, 3.63) is 51.8 Å². The summed E-state index contributed by atoms with van der Waals surface area (Å²) in [6, 6.07) is 4.77. The van der Waals surface area contributed by atoms with Gasteiger partial charge in [-0.1, -0.05) is 12.2 Å². The summed E-state index contributed by atoms with van der Waals surface area (Å²) in [6.07, 6.45) is 1.58. The molecule has 1 aromatic carbocycles. The average Bonchev–Trinajstić information content (AvgIpc) is 2.99. The maximum absolute atomic E-state index is 14.4. The van der Waals surface area contributed by atoms with E-state index in [1.807, 2.05) is 0 Å². The SMILES string of the molecule is CNC(=S)c1cc(-c2cnc3c(c2)n(CCF)c(=O)n3C(C)(C)CO)c(C)cc1F. The van der Waals surface area contributed by atoms with E-state index < -0.39 is 23.7 Å². The molecule has 0 unspecified atom stereocenters. The molecular formula is C21H24F2N4O2S. The van der Waals surface area contributed by atoms with Gasteiger partial charge in [0.25, 0.3) is 0 Å². The number of alkyl halides is 1. The number of aliphatic hydroxyl groups is 1. The largest absolute Gasteiger partial charge is 0.394 e. The van der Waals surface area contributed by atoms with Crippen molar-refractivity contribution in [2.24, 2.45) is 0 Å². The molecule has 9 heteroatoms. The summed E-state index contributed by atoms with van der Waals surface area (Å²) in [7, 11) is 1.62. The van der Waals surface area contributed by atoms with Crippen LogP contribution in [0.4, 0.5) is 8.78 Å². The molecule has 0 saturated carbocycles. The monoisotopic (exact) mass is 434 g/mol. The summed E-state index contributed by atoms with van der Waals surface area (Å²) in [5, 5.41) is 12.5. The lowest BCUT2D eigenvalue weighted by atomic mass is 9.98. The van der Waals surface area contributed by atoms with E-state index in [1.165, 1.54) is 15.2 Å². The fraction of sp³-hybridized carbons (Fsp3) is 0.381.